The Hall–Kier alpha value is -2.25. The summed E-state index contributed by atoms with van der Waals surface area (Å²) in [5.41, 5.74) is 4.03. The Bertz CT molecular complexity index is 779. The molecule has 3 amide bonds. The second kappa shape index (κ2) is 12.8. The van der Waals surface area contributed by atoms with Crippen molar-refractivity contribution >= 4 is 17.7 Å². The molecule has 1 aliphatic heterocycles. The number of imide groups is 1. The maximum Gasteiger partial charge on any atom is 0.342 e. The average Bonchev–Trinajstić information content (AvgIpc) is 3.04. The number of hydrogen-bond acceptors (Lipinski definition) is 5. The van der Waals surface area contributed by atoms with E-state index in [2.05, 4.69) is 5.43 Å². The second-order valence-corrected chi connectivity index (χ2v) is 9.56. The van der Waals surface area contributed by atoms with Crippen LogP contribution in [0.3, 0.4) is 0 Å². The van der Waals surface area contributed by atoms with Gasteiger partial charge in [-0.05, 0) is 44.1 Å². The molecular formula is C26H39N3O4. The number of amides is 3. The van der Waals surface area contributed by atoms with E-state index in [0.717, 1.165) is 56.9 Å². The smallest absolute Gasteiger partial charge is 0.342 e. The van der Waals surface area contributed by atoms with E-state index in [1.807, 2.05) is 30.3 Å². The molecule has 33 heavy (non-hydrogen) atoms. The number of ketones is 1. The molecule has 7 heteroatoms. The largest absolute Gasteiger partial charge is 0.391 e. The summed E-state index contributed by atoms with van der Waals surface area (Å²) in [6.45, 7) is 2.13. The van der Waals surface area contributed by atoms with Gasteiger partial charge in [-0.2, -0.15) is 0 Å². The Morgan fingerprint density at radius 2 is 1.76 bits per heavy atom. The van der Waals surface area contributed by atoms with Crippen molar-refractivity contribution in [2.24, 2.45) is 5.92 Å². The average molecular weight is 458 g/mol. The highest BCUT2D eigenvalue weighted by Gasteiger charge is 2.45. The van der Waals surface area contributed by atoms with E-state index < -0.39 is 12.1 Å². The van der Waals surface area contributed by atoms with Gasteiger partial charge >= 0.3 is 6.03 Å². The van der Waals surface area contributed by atoms with E-state index in [-0.39, 0.29) is 36.7 Å². The summed E-state index contributed by atoms with van der Waals surface area (Å²) in [6.07, 6.45) is 9.70. The third-order valence-electron chi connectivity index (χ3n) is 6.90. The first-order valence-corrected chi connectivity index (χ1v) is 12.6. The molecule has 0 bridgehead atoms. The highest BCUT2D eigenvalue weighted by atomic mass is 16.3. The first kappa shape index (κ1) is 25.4. The van der Waals surface area contributed by atoms with Gasteiger partial charge in [0.1, 0.15) is 11.8 Å². The second-order valence-electron chi connectivity index (χ2n) is 9.56. The molecule has 0 radical (unpaired) electrons. The van der Waals surface area contributed by atoms with E-state index in [4.69, 9.17) is 0 Å². The number of Topliss-reactive ketones (excluding diaryl/α,β-unsaturated/α-hetero) is 1. The van der Waals surface area contributed by atoms with Crippen LogP contribution in [0.5, 0.6) is 0 Å². The molecule has 1 heterocycles. The number of aliphatic hydroxyl groups excluding tert-OH is 1. The lowest BCUT2D eigenvalue weighted by molar-refractivity contribution is -0.129. The minimum atomic E-state index is -0.562. The van der Waals surface area contributed by atoms with Gasteiger partial charge in [0, 0.05) is 13.0 Å². The summed E-state index contributed by atoms with van der Waals surface area (Å²) in [5, 5.41) is 12.1. The molecule has 2 N–H and O–H groups in total. The third-order valence-corrected chi connectivity index (χ3v) is 6.90. The zero-order valence-electron chi connectivity index (χ0n) is 19.9. The number of urea groups is 1. The van der Waals surface area contributed by atoms with Crippen molar-refractivity contribution in [2.45, 2.75) is 96.2 Å². The number of nitrogens with zero attached hydrogens (tertiary/aromatic N) is 2. The summed E-state index contributed by atoms with van der Waals surface area (Å²) in [6, 6.07) is 8.62. The molecule has 1 saturated heterocycles. The molecule has 2 unspecified atom stereocenters. The lowest BCUT2D eigenvalue weighted by Crippen LogP contribution is -2.49. The van der Waals surface area contributed by atoms with Gasteiger partial charge in [-0.1, -0.05) is 68.9 Å². The molecule has 3 rings (SSSR count). The van der Waals surface area contributed by atoms with E-state index in [9.17, 15) is 19.5 Å². The summed E-state index contributed by atoms with van der Waals surface area (Å²) < 4.78 is 0. The molecule has 2 atom stereocenters. The topological polar surface area (TPSA) is 90.0 Å². The number of aliphatic hydroxyl groups is 1. The Balaban J connectivity index is 1.60. The van der Waals surface area contributed by atoms with Gasteiger partial charge in [-0.3, -0.25) is 9.69 Å². The van der Waals surface area contributed by atoms with Crippen molar-refractivity contribution in [1.82, 2.24) is 15.3 Å². The number of unbranched alkanes of at least 4 members (excludes halogenated alkanes) is 3. The maximum absolute atomic E-state index is 13.2. The van der Waals surface area contributed by atoms with Crippen molar-refractivity contribution in [1.29, 1.82) is 0 Å². The van der Waals surface area contributed by atoms with Gasteiger partial charge in [0.2, 0.25) is 0 Å². The molecule has 1 saturated carbocycles. The zero-order chi connectivity index (χ0) is 23.6. The van der Waals surface area contributed by atoms with Crippen LogP contribution >= 0.6 is 0 Å². The van der Waals surface area contributed by atoms with Crippen LogP contribution in [0.4, 0.5) is 4.79 Å². The zero-order valence-corrected chi connectivity index (χ0v) is 19.9. The van der Waals surface area contributed by atoms with Crippen molar-refractivity contribution < 1.29 is 19.5 Å². The van der Waals surface area contributed by atoms with Crippen LogP contribution in [0.15, 0.2) is 30.3 Å². The highest BCUT2D eigenvalue weighted by Crippen LogP contribution is 2.27. The van der Waals surface area contributed by atoms with Crippen LogP contribution in [0.1, 0.15) is 83.1 Å². The van der Waals surface area contributed by atoms with Gasteiger partial charge in [-0.15, -0.1) is 0 Å². The molecule has 1 aromatic carbocycles. The minimum Gasteiger partial charge on any atom is -0.391 e. The molecule has 0 aromatic heterocycles. The van der Waals surface area contributed by atoms with Crippen LogP contribution < -0.4 is 5.43 Å². The standard InChI is InChI=1S/C26H39N3O4/c1-20(30)12-6-2-3-11-17-23-25(32)28(19-21-13-7-4-8-14-21)26(33)29(23)27-18-24(31)22-15-9-5-10-16-22/h4,7-8,13-14,22-24,27,31H,2-3,5-6,9-12,15-19H2,1H3. The third kappa shape index (κ3) is 7.37. The van der Waals surface area contributed by atoms with Crippen LogP contribution in [0, 0.1) is 5.92 Å². The molecule has 1 aromatic rings. The number of rotatable bonds is 13. The molecule has 2 fully saturated rings. The molecule has 182 valence electrons. The number of carbonyl (C=O) groups excluding carboxylic acids is 3. The van der Waals surface area contributed by atoms with Gasteiger partial charge < -0.3 is 9.90 Å². The van der Waals surface area contributed by atoms with Crippen molar-refractivity contribution in [3.63, 3.8) is 0 Å². The van der Waals surface area contributed by atoms with E-state index in [1.165, 1.54) is 16.3 Å². The van der Waals surface area contributed by atoms with Gasteiger partial charge in [0.15, 0.2) is 0 Å². The Labute approximate surface area is 197 Å². The Morgan fingerprint density at radius 1 is 1.06 bits per heavy atom. The number of nitrogens with one attached hydrogen (secondary N) is 1. The molecule has 0 spiro atoms. The van der Waals surface area contributed by atoms with E-state index >= 15 is 0 Å². The Morgan fingerprint density at radius 3 is 2.45 bits per heavy atom. The fourth-order valence-electron chi connectivity index (χ4n) is 4.93. The van der Waals surface area contributed by atoms with Crippen molar-refractivity contribution in [3.05, 3.63) is 35.9 Å². The van der Waals surface area contributed by atoms with Gasteiger partial charge in [0.05, 0.1) is 12.6 Å². The first-order chi connectivity index (χ1) is 16.0. The van der Waals surface area contributed by atoms with E-state index in [0.29, 0.717) is 12.8 Å². The van der Waals surface area contributed by atoms with Crippen molar-refractivity contribution in [2.75, 3.05) is 6.54 Å². The summed E-state index contributed by atoms with van der Waals surface area (Å²) >= 11 is 0. The summed E-state index contributed by atoms with van der Waals surface area (Å²) in [7, 11) is 0. The monoisotopic (exact) mass is 457 g/mol. The van der Waals surface area contributed by atoms with E-state index in [1.54, 1.807) is 6.92 Å². The van der Waals surface area contributed by atoms with Crippen LogP contribution in [-0.2, 0) is 16.1 Å². The minimum absolute atomic E-state index is 0.188. The quantitative estimate of drug-likeness (QED) is 0.342. The molecule has 7 nitrogen and oxygen atoms in total. The SMILES string of the molecule is CC(=O)CCCCCCC1C(=O)N(Cc2ccccc2)C(=O)N1NCC(O)C1CCCCC1. The maximum atomic E-state index is 13.2. The summed E-state index contributed by atoms with van der Waals surface area (Å²) in [5.74, 6) is 0.266. The normalized spacial score (nSPS) is 20.5. The highest BCUT2D eigenvalue weighted by molar-refractivity contribution is 6.03. The number of hydrogen-bond donors (Lipinski definition) is 2. The van der Waals surface area contributed by atoms with Crippen LogP contribution in [-0.4, -0.2) is 51.4 Å². The Kier molecular flexibility index (Phi) is 9.88. The van der Waals surface area contributed by atoms with Crippen LogP contribution in [0.25, 0.3) is 0 Å². The molecular weight excluding hydrogens is 418 g/mol. The van der Waals surface area contributed by atoms with Gasteiger partial charge in [0.25, 0.3) is 5.91 Å². The first-order valence-electron chi connectivity index (χ1n) is 12.6. The predicted molar refractivity (Wildman–Crippen MR) is 127 cm³/mol. The van der Waals surface area contributed by atoms with Gasteiger partial charge in [-0.25, -0.2) is 15.2 Å². The lowest BCUT2D eigenvalue weighted by Gasteiger charge is -2.29. The fraction of sp³-hybridized carbons (Fsp3) is 0.654. The fourth-order valence-corrected chi connectivity index (χ4v) is 4.93. The number of benzene rings is 1. The van der Waals surface area contributed by atoms with Crippen LogP contribution in [0.2, 0.25) is 0 Å². The number of carbonyl (C=O) groups is 3. The number of hydrazine groups is 1. The molecule has 2 aliphatic rings. The van der Waals surface area contributed by atoms with Crippen molar-refractivity contribution in [3.8, 4) is 0 Å². The summed E-state index contributed by atoms with van der Waals surface area (Å²) in [4.78, 5) is 38.8. The molecule has 1 aliphatic carbocycles. The predicted octanol–water partition coefficient (Wildman–Crippen LogP) is 4.19. The lowest BCUT2D eigenvalue weighted by atomic mass is 9.85.